The van der Waals surface area contributed by atoms with Crippen LogP contribution in [0.2, 0.25) is 0 Å². The van der Waals surface area contributed by atoms with Gasteiger partial charge in [0.1, 0.15) is 6.04 Å². The molecule has 1 aromatic heterocycles. The highest BCUT2D eigenvalue weighted by atomic mass is 32.1. The number of thiophene rings is 1. The van der Waals surface area contributed by atoms with Gasteiger partial charge in [0, 0.05) is 30.9 Å². The smallest absolute Gasteiger partial charge is 0.320 e. The maximum Gasteiger partial charge on any atom is 0.320 e. The van der Waals surface area contributed by atoms with Gasteiger partial charge in [0.25, 0.3) is 0 Å². The predicted octanol–water partition coefficient (Wildman–Crippen LogP) is 2.37. The van der Waals surface area contributed by atoms with Gasteiger partial charge in [-0.25, -0.2) is 0 Å². The molecule has 1 aliphatic rings. The summed E-state index contributed by atoms with van der Waals surface area (Å²) in [5.74, 6) is -0.910. The Hall–Kier alpha value is -1.63. The Bertz CT molecular complexity index is 603. The van der Waals surface area contributed by atoms with Crippen molar-refractivity contribution in [1.82, 2.24) is 5.32 Å². The van der Waals surface area contributed by atoms with Crippen molar-refractivity contribution < 1.29 is 9.90 Å². The number of carbonyl (C=O) groups is 1. The molecule has 0 aliphatic carbocycles. The van der Waals surface area contributed by atoms with Crippen LogP contribution in [0.1, 0.15) is 13.8 Å². The largest absolute Gasteiger partial charge is 0.480 e. The highest BCUT2D eigenvalue weighted by Gasteiger charge is 2.14. The molecule has 0 spiro atoms. The Kier molecular flexibility index (Phi) is 6.38. The first-order valence-electron chi connectivity index (χ1n) is 7.91. The van der Waals surface area contributed by atoms with Crippen molar-refractivity contribution in [1.29, 1.82) is 0 Å². The molecule has 1 aliphatic heterocycles. The van der Waals surface area contributed by atoms with Gasteiger partial charge in [0.15, 0.2) is 0 Å². The number of benzene rings is 1. The van der Waals surface area contributed by atoms with Crippen LogP contribution in [0.15, 0.2) is 30.3 Å². The van der Waals surface area contributed by atoms with Crippen LogP contribution in [0, 0.1) is 5.92 Å². The predicted molar refractivity (Wildman–Crippen MR) is 97.4 cm³/mol. The van der Waals surface area contributed by atoms with Crippen LogP contribution in [0.25, 0.3) is 10.1 Å². The highest BCUT2D eigenvalue weighted by molar-refractivity contribution is 7.22. The van der Waals surface area contributed by atoms with E-state index in [2.05, 4.69) is 40.5 Å². The van der Waals surface area contributed by atoms with E-state index < -0.39 is 12.0 Å². The Balaban J connectivity index is 0.000000207. The summed E-state index contributed by atoms with van der Waals surface area (Å²) in [6.45, 7) is 8.03. The minimum atomic E-state index is -0.931. The van der Waals surface area contributed by atoms with Crippen molar-refractivity contribution >= 4 is 32.4 Å². The summed E-state index contributed by atoms with van der Waals surface area (Å²) in [7, 11) is 0. The first-order chi connectivity index (χ1) is 11.0. The number of piperazine rings is 1. The van der Waals surface area contributed by atoms with Crippen LogP contribution in [0.4, 0.5) is 5.00 Å². The summed E-state index contributed by atoms with van der Waals surface area (Å²) in [6.07, 6.45) is 0. The monoisotopic (exact) mass is 335 g/mol. The number of hydrogen-bond acceptors (Lipinski definition) is 5. The number of rotatable bonds is 3. The van der Waals surface area contributed by atoms with Crippen LogP contribution in [0.5, 0.6) is 0 Å². The number of hydrogen-bond donors (Lipinski definition) is 3. The number of fused-ring (bicyclic) bond motifs is 1. The van der Waals surface area contributed by atoms with Gasteiger partial charge in [-0.05, 0) is 23.4 Å². The van der Waals surface area contributed by atoms with E-state index in [1.807, 2.05) is 11.3 Å². The maximum absolute atomic E-state index is 10.0. The highest BCUT2D eigenvalue weighted by Crippen LogP contribution is 2.32. The zero-order valence-electron chi connectivity index (χ0n) is 13.7. The Labute approximate surface area is 141 Å². The lowest BCUT2D eigenvalue weighted by Gasteiger charge is -2.27. The molecule has 1 saturated heterocycles. The van der Waals surface area contributed by atoms with E-state index in [-0.39, 0.29) is 5.92 Å². The summed E-state index contributed by atoms with van der Waals surface area (Å²) < 4.78 is 1.39. The minimum absolute atomic E-state index is 0.0208. The van der Waals surface area contributed by atoms with Crippen molar-refractivity contribution in [2.75, 3.05) is 31.1 Å². The molecule has 0 radical (unpaired) electrons. The molecule has 1 aromatic carbocycles. The number of aliphatic carboxylic acids is 1. The van der Waals surface area contributed by atoms with Crippen molar-refractivity contribution in [3.63, 3.8) is 0 Å². The molecule has 0 amide bonds. The van der Waals surface area contributed by atoms with E-state index in [1.165, 1.54) is 15.1 Å². The molecule has 0 unspecified atom stereocenters. The second-order valence-corrected chi connectivity index (χ2v) is 7.03. The third kappa shape index (κ3) is 4.92. The van der Waals surface area contributed by atoms with Gasteiger partial charge in [-0.15, -0.1) is 11.3 Å². The zero-order valence-corrected chi connectivity index (χ0v) is 14.5. The number of nitrogens with zero attached hydrogens (tertiary/aromatic N) is 1. The Morgan fingerprint density at radius 1 is 1.30 bits per heavy atom. The van der Waals surface area contributed by atoms with Crippen LogP contribution in [-0.2, 0) is 4.79 Å². The standard InChI is InChI=1S/C12H14N2S.C5H11NO2/c1-2-4-11-10(3-1)9-12(15-11)14-7-5-13-6-8-14;1-3(2)4(6)5(7)8/h1-4,9,13H,5-8H2;3-4H,6H2,1-2H3,(H,7,8)/t;4-/m.0/s1. The first-order valence-corrected chi connectivity index (χ1v) is 8.73. The lowest BCUT2D eigenvalue weighted by atomic mass is 10.1. The van der Waals surface area contributed by atoms with Gasteiger partial charge in [0.2, 0.25) is 0 Å². The average Bonchev–Trinajstić information content (AvgIpc) is 2.99. The van der Waals surface area contributed by atoms with Gasteiger partial charge in [-0.1, -0.05) is 32.0 Å². The minimum Gasteiger partial charge on any atom is -0.480 e. The number of nitrogens with two attached hydrogens (primary N) is 1. The second-order valence-electron chi connectivity index (χ2n) is 5.97. The van der Waals surface area contributed by atoms with Crippen molar-refractivity contribution in [3.05, 3.63) is 30.3 Å². The Morgan fingerprint density at radius 2 is 1.96 bits per heavy atom. The summed E-state index contributed by atoms with van der Waals surface area (Å²) in [5, 5.41) is 14.4. The quantitative estimate of drug-likeness (QED) is 0.802. The van der Waals surface area contributed by atoms with E-state index in [0.29, 0.717) is 0 Å². The van der Waals surface area contributed by atoms with Crippen molar-refractivity contribution in [2.45, 2.75) is 19.9 Å². The molecule has 126 valence electrons. The van der Waals surface area contributed by atoms with E-state index in [0.717, 1.165) is 26.2 Å². The summed E-state index contributed by atoms with van der Waals surface area (Å²) in [6, 6.07) is 10.2. The maximum atomic E-state index is 10.0. The third-order valence-electron chi connectivity index (χ3n) is 3.84. The van der Waals surface area contributed by atoms with Gasteiger partial charge in [-0.3, -0.25) is 4.79 Å². The normalized spacial score (nSPS) is 16.1. The van der Waals surface area contributed by atoms with E-state index >= 15 is 0 Å². The molecular weight excluding hydrogens is 310 g/mol. The molecule has 5 nitrogen and oxygen atoms in total. The SMILES string of the molecule is CC(C)[C@H](N)C(=O)O.c1ccc2sc(N3CCNCC3)cc2c1. The molecule has 23 heavy (non-hydrogen) atoms. The fourth-order valence-corrected chi connectivity index (χ4v) is 3.41. The van der Waals surface area contributed by atoms with Crippen LogP contribution >= 0.6 is 11.3 Å². The molecule has 2 aromatic rings. The molecule has 0 saturated carbocycles. The summed E-state index contributed by atoms with van der Waals surface area (Å²) in [4.78, 5) is 12.5. The summed E-state index contributed by atoms with van der Waals surface area (Å²) in [5.41, 5.74) is 5.16. The fraction of sp³-hybridized carbons (Fsp3) is 0.471. The number of anilines is 1. The van der Waals surface area contributed by atoms with E-state index in [9.17, 15) is 4.79 Å². The number of nitrogens with one attached hydrogen (secondary N) is 1. The Morgan fingerprint density at radius 3 is 2.48 bits per heavy atom. The second kappa shape index (κ2) is 8.29. The van der Waals surface area contributed by atoms with Crippen molar-refractivity contribution in [2.24, 2.45) is 11.7 Å². The first kappa shape index (κ1) is 17.7. The molecule has 1 atom stereocenters. The van der Waals surface area contributed by atoms with E-state index in [1.54, 1.807) is 13.8 Å². The molecule has 2 heterocycles. The average molecular weight is 335 g/mol. The van der Waals surface area contributed by atoms with Crippen molar-refractivity contribution in [3.8, 4) is 0 Å². The van der Waals surface area contributed by atoms with Crippen LogP contribution < -0.4 is 16.0 Å². The third-order valence-corrected chi connectivity index (χ3v) is 5.02. The summed E-state index contributed by atoms with van der Waals surface area (Å²) >= 11 is 1.90. The molecule has 6 heteroatoms. The van der Waals surface area contributed by atoms with Gasteiger partial charge >= 0.3 is 5.97 Å². The fourth-order valence-electron chi connectivity index (χ4n) is 2.29. The lowest BCUT2D eigenvalue weighted by molar-refractivity contribution is -0.139. The van der Waals surface area contributed by atoms with Gasteiger partial charge < -0.3 is 21.1 Å². The molecular formula is C17H25N3O2S. The van der Waals surface area contributed by atoms with Gasteiger partial charge in [0.05, 0.1) is 5.00 Å². The number of carboxylic acids is 1. The molecule has 4 N–H and O–H groups in total. The number of carboxylic acid groups (broad SMARTS) is 1. The zero-order chi connectivity index (χ0) is 16.8. The molecule has 0 bridgehead atoms. The molecule has 1 fully saturated rings. The van der Waals surface area contributed by atoms with Crippen LogP contribution in [-0.4, -0.2) is 43.3 Å². The topological polar surface area (TPSA) is 78.6 Å². The van der Waals surface area contributed by atoms with E-state index in [4.69, 9.17) is 10.8 Å². The lowest BCUT2D eigenvalue weighted by Crippen LogP contribution is -2.43. The van der Waals surface area contributed by atoms with Crippen LogP contribution in [0.3, 0.4) is 0 Å². The van der Waals surface area contributed by atoms with Gasteiger partial charge in [-0.2, -0.15) is 0 Å². The molecule has 3 rings (SSSR count).